The molecule has 2 aromatic heterocycles. The zero-order chi connectivity index (χ0) is 18.1. The van der Waals surface area contributed by atoms with Crippen LogP contribution in [0.25, 0.3) is 33.8 Å². The zero-order valence-corrected chi connectivity index (χ0v) is 14.9. The van der Waals surface area contributed by atoms with Crippen LogP contribution < -0.4 is 9.64 Å². The van der Waals surface area contributed by atoms with Crippen molar-refractivity contribution in [2.45, 2.75) is 0 Å². The first kappa shape index (κ1) is 16.1. The first-order chi connectivity index (χ1) is 12.7. The summed E-state index contributed by atoms with van der Waals surface area (Å²) in [4.78, 5) is 11.1. The van der Waals surface area contributed by atoms with Crippen LogP contribution in [0.4, 0.5) is 5.69 Å². The van der Waals surface area contributed by atoms with Crippen LogP contribution in [0.15, 0.2) is 65.2 Å². The maximum absolute atomic E-state index is 5.85. The van der Waals surface area contributed by atoms with Crippen LogP contribution in [0.5, 0.6) is 5.75 Å². The summed E-state index contributed by atoms with van der Waals surface area (Å²) in [6.07, 6.45) is 1.85. The fraction of sp³-hybridized carbons (Fsp3) is 0.143. The van der Waals surface area contributed by atoms with Crippen LogP contribution in [0.2, 0.25) is 0 Å². The number of benzene rings is 2. The molecule has 0 aliphatic heterocycles. The van der Waals surface area contributed by atoms with Gasteiger partial charge in [0, 0.05) is 25.2 Å². The lowest BCUT2D eigenvalue weighted by Crippen LogP contribution is -2.08. The lowest BCUT2D eigenvalue weighted by Gasteiger charge is -2.13. The van der Waals surface area contributed by atoms with Gasteiger partial charge < -0.3 is 14.1 Å². The molecular weight excluding hydrogens is 326 g/mol. The topological polar surface area (TPSA) is 51.4 Å². The average Bonchev–Trinajstić information content (AvgIpc) is 3.12. The Bertz CT molecular complexity index is 1020. The van der Waals surface area contributed by atoms with Crippen molar-refractivity contribution in [3.63, 3.8) is 0 Å². The second kappa shape index (κ2) is 6.52. The predicted octanol–water partition coefficient (Wildman–Crippen LogP) is 4.63. The second-order valence-corrected chi connectivity index (χ2v) is 6.20. The van der Waals surface area contributed by atoms with Gasteiger partial charge in [0.25, 0.3) is 0 Å². The van der Waals surface area contributed by atoms with Crippen molar-refractivity contribution < 1.29 is 9.15 Å². The molecule has 0 amide bonds. The van der Waals surface area contributed by atoms with Gasteiger partial charge in [0.15, 0.2) is 5.58 Å². The minimum atomic E-state index is 0.576. The van der Waals surface area contributed by atoms with Gasteiger partial charge in [0.05, 0.1) is 24.7 Å². The van der Waals surface area contributed by atoms with E-state index in [0.29, 0.717) is 5.89 Å². The van der Waals surface area contributed by atoms with E-state index in [0.717, 1.165) is 39.4 Å². The van der Waals surface area contributed by atoms with Crippen LogP contribution in [0.3, 0.4) is 0 Å². The first-order valence-corrected chi connectivity index (χ1v) is 8.33. The van der Waals surface area contributed by atoms with Gasteiger partial charge in [-0.05, 0) is 42.5 Å². The van der Waals surface area contributed by atoms with E-state index in [9.17, 15) is 0 Å². The fourth-order valence-corrected chi connectivity index (χ4v) is 2.84. The van der Waals surface area contributed by atoms with Gasteiger partial charge in [-0.15, -0.1) is 0 Å². The summed E-state index contributed by atoms with van der Waals surface area (Å²) in [5.74, 6) is 1.31. The summed E-state index contributed by atoms with van der Waals surface area (Å²) in [6.45, 7) is 0. The molecule has 2 aromatic carbocycles. The number of fused-ring (bicyclic) bond motifs is 1. The maximum Gasteiger partial charge on any atom is 0.227 e. The Morgan fingerprint density at radius 3 is 2.54 bits per heavy atom. The Hall–Kier alpha value is -3.34. The molecule has 0 atom stereocenters. The summed E-state index contributed by atoms with van der Waals surface area (Å²) < 4.78 is 11.4. The highest BCUT2D eigenvalue weighted by Gasteiger charge is 2.13. The van der Waals surface area contributed by atoms with Gasteiger partial charge in [0.1, 0.15) is 11.3 Å². The van der Waals surface area contributed by atoms with Gasteiger partial charge in [-0.1, -0.05) is 12.1 Å². The molecule has 0 aliphatic rings. The molecule has 0 saturated heterocycles. The predicted molar refractivity (Wildman–Crippen MR) is 104 cm³/mol. The van der Waals surface area contributed by atoms with E-state index in [2.05, 4.69) is 9.97 Å². The number of ether oxygens (including phenoxy) is 1. The number of para-hydroxylation sites is 2. The minimum absolute atomic E-state index is 0.576. The van der Waals surface area contributed by atoms with Crippen LogP contribution in [-0.2, 0) is 0 Å². The summed E-state index contributed by atoms with van der Waals surface area (Å²) in [7, 11) is 5.64. The highest BCUT2D eigenvalue weighted by Crippen LogP contribution is 2.34. The smallest absolute Gasteiger partial charge is 0.227 e. The van der Waals surface area contributed by atoms with E-state index >= 15 is 0 Å². The molecule has 5 heteroatoms. The number of oxazole rings is 1. The van der Waals surface area contributed by atoms with Gasteiger partial charge in [0.2, 0.25) is 5.89 Å². The van der Waals surface area contributed by atoms with Gasteiger partial charge >= 0.3 is 0 Å². The molecule has 2 heterocycles. The molecule has 26 heavy (non-hydrogen) atoms. The molecule has 0 bridgehead atoms. The number of anilines is 1. The zero-order valence-electron chi connectivity index (χ0n) is 14.9. The Morgan fingerprint density at radius 1 is 1.00 bits per heavy atom. The number of hydrogen-bond acceptors (Lipinski definition) is 5. The van der Waals surface area contributed by atoms with E-state index in [1.165, 1.54) is 0 Å². The van der Waals surface area contributed by atoms with Gasteiger partial charge in [-0.25, -0.2) is 4.98 Å². The number of rotatable bonds is 4. The van der Waals surface area contributed by atoms with Crippen molar-refractivity contribution in [2.24, 2.45) is 0 Å². The van der Waals surface area contributed by atoms with Crippen LogP contribution >= 0.6 is 0 Å². The molecule has 0 N–H and O–H groups in total. The summed E-state index contributed by atoms with van der Waals surface area (Å²) in [5, 5.41) is 0. The molecule has 0 saturated carbocycles. The number of methoxy groups -OCH3 is 1. The van der Waals surface area contributed by atoms with Crippen LogP contribution in [0.1, 0.15) is 0 Å². The normalized spacial score (nSPS) is 10.9. The number of nitrogens with zero attached hydrogens (tertiary/aromatic N) is 3. The SMILES string of the molecule is COc1cc(-c2nc3ccccc3o2)ccc1-c1ccc(N(C)C)cn1. The third-order valence-electron chi connectivity index (χ3n) is 4.28. The summed E-state index contributed by atoms with van der Waals surface area (Å²) >= 11 is 0. The molecular formula is C21H19N3O2. The van der Waals surface area contributed by atoms with Crippen molar-refractivity contribution >= 4 is 16.8 Å². The molecule has 4 rings (SSSR count). The highest BCUT2D eigenvalue weighted by molar-refractivity contribution is 5.78. The van der Waals surface area contributed by atoms with Crippen molar-refractivity contribution in [3.05, 3.63) is 60.8 Å². The van der Waals surface area contributed by atoms with E-state index in [1.54, 1.807) is 7.11 Å². The Kier molecular flexibility index (Phi) is 4.05. The Morgan fingerprint density at radius 2 is 1.85 bits per heavy atom. The van der Waals surface area contributed by atoms with Crippen molar-refractivity contribution in [1.29, 1.82) is 0 Å². The van der Waals surface area contributed by atoms with Crippen molar-refractivity contribution in [1.82, 2.24) is 9.97 Å². The third kappa shape index (κ3) is 2.88. The van der Waals surface area contributed by atoms with Gasteiger partial charge in [-0.3, -0.25) is 4.98 Å². The lowest BCUT2D eigenvalue weighted by atomic mass is 10.1. The Balaban J connectivity index is 1.74. The molecule has 0 unspecified atom stereocenters. The highest BCUT2D eigenvalue weighted by atomic mass is 16.5. The maximum atomic E-state index is 5.85. The molecule has 130 valence electrons. The van der Waals surface area contributed by atoms with Gasteiger partial charge in [-0.2, -0.15) is 0 Å². The molecule has 0 aliphatic carbocycles. The molecule has 0 radical (unpaired) electrons. The summed E-state index contributed by atoms with van der Waals surface area (Å²) in [6, 6.07) is 17.7. The first-order valence-electron chi connectivity index (χ1n) is 8.33. The summed E-state index contributed by atoms with van der Waals surface area (Å²) in [5.41, 5.74) is 5.31. The van der Waals surface area contributed by atoms with E-state index < -0.39 is 0 Å². The monoisotopic (exact) mass is 345 g/mol. The number of pyridine rings is 1. The standard InChI is InChI=1S/C21H19N3O2/c1-24(2)15-9-11-17(22-13-15)16-10-8-14(12-20(16)25-3)21-23-18-6-4-5-7-19(18)26-21/h4-13H,1-3H3. The molecule has 5 nitrogen and oxygen atoms in total. The van der Waals surface area contributed by atoms with E-state index in [1.807, 2.05) is 79.8 Å². The van der Waals surface area contributed by atoms with Crippen LogP contribution in [0, 0.1) is 0 Å². The minimum Gasteiger partial charge on any atom is -0.496 e. The van der Waals surface area contributed by atoms with Crippen molar-refractivity contribution in [3.8, 4) is 28.5 Å². The van der Waals surface area contributed by atoms with E-state index in [-0.39, 0.29) is 0 Å². The average molecular weight is 345 g/mol. The largest absolute Gasteiger partial charge is 0.496 e. The van der Waals surface area contributed by atoms with Crippen molar-refractivity contribution in [2.75, 3.05) is 26.1 Å². The lowest BCUT2D eigenvalue weighted by molar-refractivity contribution is 0.416. The quantitative estimate of drug-likeness (QED) is 0.540. The van der Waals surface area contributed by atoms with Crippen LogP contribution in [-0.4, -0.2) is 31.2 Å². The fourth-order valence-electron chi connectivity index (χ4n) is 2.84. The third-order valence-corrected chi connectivity index (χ3v) is 4.28. The number of hydrogen-bond donors (Lipinski definition) is 0. The Labute approximate surface area is 151 Å². The molecule has 0 spiro atoms. The van der Waals surface area contributed by atoms with E-state index in [4.69, 9.17) is 9.15 Å². The second-order valence-electron chi connectivity index (χ2n) is 6.20. The molecule has 4 aromatic rings. The molecule has 0 fully saturated rings. The number of aromatic nitrogens is 2.